The van der Waals surface area contributed by atoms with Crippen LogP contribution in [0.3, 0.4) is 0 Å². The number of aliphatic hydroxyl groups excluding tert-OH is 1. The van der Waals surface area contributed by atoms with Crippen LogP contribution in [-0.2, 0) is 11.2 Å². The van der Waals surface area contributed by atoms with Crippen molar-refractivity contribution in [2.75, 3.05) is 6.61 Å². The van der Waals surface area contributed by atoms with Gasteiger partial charge in [-0.25, -0.2) is 0 Å². The van der Waals surface area contributed by atoms with E-state index in [0.29, 0.717) is 5.89 Å². The number of nitrogens with zero attached hydrogens (tertiary/aromatic N) is 2. The van der Waals surface area contributed by atoms with E-state index in [0.717, 1.165) is 57.4 Å². The molecule has 1 aromatic heterocycles. The van der Waals surface area contributed by atoms with Gasteiger partial charge in [-0.2, -0.15) is 4.98 Å². The van der Waals surface area contributed by atoms with Crippen molar-refractivity contribution in [3.63, 3.8) is 0 Å². The smallest absolute Gasteiger partial charge is 0.232 e. The molecule has 20 heavy (non-hydrogen) atoms. The Morgan fingerprint density at radius 2 is 1.90 bits per heavy atom. The average Bonchev–Trinajstić information content (AvgIpc) is 2.81. The number of ether oxygens (including phenoxy) is 1. The lowest BCUT2D eigenvalue weighted by molar-refractivity contribution is 0.0153. The number of hydrogen-bond donors (Lipinski definition) is 1. The van der Waals surface area contributed by atoms with Gasteiger partial charge in [0.2, 0.25) is 5.89 Å². The van der Waals surface area contributed by atoms with E-state index < -0.39 is 0 Å². The standard InChI is InChI=1S/C15H24N2O3/c18-13-8-3-1-2-7-12(13)15-16-14(17-20-15)10-11-6-4-5-9-19-11/h11-13,18H,1-10H2. The van der Waals surface area contributed by atoms with Crippen molar-refractivity contribution in [3.05, 3.63) is 11.7 Å². The fraction of sp³-hybridized carbons (Fsp3) is 0.867. The first-order valence-electron chi connectivity index (χ1n) is 7.95. The molecule has 1 aromatic rings. The predicted octanol–water partition coefficient (Wildman–Crippen LogP) is 2.59. The average molecular weight is 280 g/mol. The van der Waals surface area contributed by atoms with E-state index in [9.17, 15) is 5.11 Å². The Balaban J connectivity index is 1.63. The second-order valence-electron chi connectivity index (χ2n) is 6.05. The van der Waals surface area contributed by atoms with Crippen molar-refractivity contribution in [2.45, 2.75) is 75.9 Å². The number of hydrogen-bond acceptors (Lipinski definition) is 5. The molecule has 0 amide bonds. The molecule has 3 atom stereocenters. The lowest BCUT2D eigenvalue weighted by Gasteiger charge is -2.20. The first kappa shape index (κ1) is 14.0. The molecule has 5 heteroatoms. The molecule has 2 fully saturated rings. The van der Waals surface area contributed by atoms with E-state index in [2.05, 4.69) is 10.1 Å². The van der Waals surface area contributed by atoms with Gasteiger partial charge in [0.1, 0.15) is 0 Å². The Hall–Kier alpha value is -0.940. The zero-order valence-electron chi connectivity index (χ0n) is 12.0. The van der Waals surface area contributed by atoms with Crippen LogP contribution in [0.25, 0.3) is 0 Å². The van der Waals surface area contributed by atoms with E-state index >= 15 is 0 Å². The van der Waals surface area contributed by atoms with Gasteiger partial charge >= 0.3 is 0 Å². The number of aromatic nitrogens is 2. The van der Waals surface area contributed by atoms with Crippen LogP contribution in [0.5, 0.6) is 0 Å². The lowest BCUT2D eigenvalue weighted by atomic mass is 9.97. The fourth-order valence-electron chi connectivity index (χ4n) is 3.25. The molecular weight excluding hydrogens is 256 g/mol. The maximum atomic E-state index is 10.2. The SMILES string of the molecule is OC1CCCCCC1c1nc(CC2CCCCO2)no1. The van der Waals surface area contributed by atoms with Gasteiger partial charge in [-0.05, 0) is 32.1 Å². The Bertz CT molecular complexity index is 415. The molecule has 2 aliphatic rings. The van der Waals surface area contributed by atoms with Gasteiger partial charge in [-0.1, -0.05) is 24.4 Å². The van der Waals surface area contributed by atoms with E-state index in [1.807, 2.05) is 0 Å². The van der Waals surface area contributed by atoms with Crippen molar-refractivity contribution in [1.29, 1.82) is 0 Å². The summed E-state index contributed by atoms with van der Waals surface area (Å²) in [6, 6.07) is 0. The minimum absolute atomic E-state index is 0.0195. The third kappa shape index (κ3) is 3.38. The summed E-state index contributed by atoms with van der Waals surface area (Å²) in [7, 11) is 0. The molecule has 1 aliphatic heterocycles. The van der Waals surface area contributed by atoms with Gasteiger partial charge in [0.25, 0.3) is 0 Å². The summed E-state index contributed by atoms with van der Waals surface area (Å²) in [5.41, 5.74) is 0. The molecule has 3 unspecified atom stereocenters. The first-order chi connectivity index (χ1) is 9.83. The minimum atomic E-state index is -0.336. The highest BCUT2D eigenvalue weighted by Crippen LogP contribution is 2.31. The molecule has 1 saturated heterocycles. The Labute approximate surface area is 119 Å². The molecule has 0 bridgehead atoms. The maximum absolute atomic E-state index is 10.2. The van der Waals surface area contributed by atoms with Crippen LogP contribution in [0.1, 0.15) is 69.0 Å². The van der Waals surface area contributed by atoms with Crippen LogP contribution in [0.2, 0.25) is 0 Å². The Morgan fingerprint density at radius 1 is 1.05 bits per heavy atom. The Morgan fingerprint density at radius 3 is 2.75 bits per heavy atom. The zero-order chi connectivity index (χ0) is 13.8. The highest BCUT2D eigenvalue weighted by Gasteiger charge is 2.28. The fourth-order valence-corrected chi connectivity index (χ4v) is 3.25. The second kappa shape index (κ2) is 6.68. The van der Waals surface area contributed by atoms with Gasteiger partial charge in [0.05, 0.1) is 18.1 Å². The van der Waals surface area contributed by atoms with Crippen LogP contribution in [0.15, 0.2) is 4.52 Å². The summed E-state index contributed by atoms with van der Waals surface area (Å²) in [6.07, 6.45) is 9.27. The van der Waals surface area contributed by atoms with E-state index in [1.54, 1.807) is 0 Å². The monoisotopic (exact) mass is 280 g/mol. The van der Waals surface area contributed by atoms with Gasteiger partial charge in [-0.15, -0.1) is 0 Å². The molecule has 1 aliphatic carbocycles. The van der Waals surface area contributed by atoms with Crippen LogP contribution >= 0.6 is 0 Å². The van der Waals surface area contributed by atoms with Crippen molar-refractivity contribution in [1.82, 2.24) is 10.1 Å². The van der Waals surface area contributed by atoms with Crippen LogP contribution in [-0.4, -0.2) is 34.1 Å². The molecule has 3 rings (SSSR count). The van der Waals surface area contributed by atoms with Gasteiger partial charge in [0.15, 0.2) is 5.82 Å². The van der Waals surface area contributed by atoms with E-state index in [4.69, 9.17) is 9.26 Å². The summed E-state index contributed by atoms with van der Waals surface area (Å²) >= 11 is 0. The maximum Gasteiger partial charge on any atom is 0.232 e. The molecule has 0 spiro atoms. The summed E-state index contributed by atoms with van der Waals surface area (Å²) in [5, 5.41) is 14.3. The number of rotatable bonds is 3. The largest absolute Gasteiger partial charge is 0.392 e. The van der Waals surface area contributed by atoms with Gasteiger partial charge in [-0.3, -0.25) is 0 Å². The van der Waals surface area contributed by atoms with Crippen molar-refractivity contribution >= 4 is 0 Å². The highest BCUT2D eigenvalue weighted by atomic mass is 16.5. The normalized spacial score (nSPS) is 31.9. The first-order valence-corrected chi connectivity index (χ1v) is 7.95. The third-order valence-corrected chi connectivity index (χ3v) is 4.46. The molecule has 2 heterocycles. The summed E-state index contributed by atoms with van der Waals surface area (Å²) in [4.78, 5) is 4.50. The molecule has 1 N–H and O–H groups in total. The van der Waals surface area contributed by atoms with Crippen molar-refractivity contribution < 1.29 is 14.4 Å². The van der Waals surface area contributed by atoms with E-state index in [-0.39, 0.29) is 18.1 Å². The predicted molar refractivity (Wildman–Crippen MR) is 73.4 cm³/mol. The zero-order valence-corrected chi connectivity index (χ0v) is 12.0. The Kier molecular flexibility index (Phi) is 4.68. The summed E-state index contributed by atoms with van der Waals surface area (Å²) in [6.45, 7) is 0.844. The lowest BCUT2D eigenvalue weighted by Crippen LogP contribution is -2.22. The second-order valence-corrected chi connectivity index (χ2v) is 6.05. The summed E-state index contributed by atoms with van der Waals surface area (Å²) in [5.74, 6) is 1.36. The number of aliphatic hydroxyl groups is 1. The van der Waals surface area contributed by atoms with Crippen molar-refractivity contribution in [3.8, 4) is 0 Å². The van der Waals surface area contributed by atoms with Crippen LogP contribution in [0, 0.1) is 0 Å². The highest BCUT2D eigenvalue weighted by molar-refractivity contribution is 4.99. The van der Waals surface area contributed by atoms with Crippen molar-refractivity contribution in [2.24, 2.45) is 0 Å². The molecule has 1 saturated carbocycles. The topological polar surface area (TPSA) is 68.4 Å². The quantitative estimate of drug-likeness (QED) is 0.862. The molecule has 112 valence electrons. The van der Waals surface area contributed by atoms with Crippen LogP contribution < -0.4 is 0 Å². The molecular formula is C15H24N2O3. The molecule has 0 radical (unpaired) electrons. The van der Waals surface area contributed by atoms with E-state index in [1.165, 1.54) is 12.8 Å². The van der Waals surface area contributed by atoms with Crippen LogP contribution in [0.4, 0.5) is 0 Å². The molecule has 5 nitrogen and oxygen atoms in total. The molecule has 0 aromatic carbocycles. The summed E-state index contributed by atoms with van der Waals surface area (Å²) < 4.78 is 11.1. The van der Waals surface area contributed by atoms with Gasteiger partial charge < -0.3 is 14.4 Å². The third-order valence-electron chi connectivity index (χ3n) is 4.46. The van der Waals surface area contributed by atoms with Gasteiger partial charge in [0, 0.05) is 13.0 Å². The minimum Gasteiger partial charge on any atom is -0.392 e.